The summed E-state index contributed by atoms with van der Waals surface area (Å²) in [4.78, 5) is 15.8. The zero-order chi connectivity index (χ0) is 16.0. The Hall–Kier alpha value is -1.41. The summed E-state index contributed by atoms with van der Waals surface area (Å²) in [6.07, 6.45) is 4.17. The Kier molecular flexibility index (Phi) is 6.35. The van der Waals surface area contributed by atoms with Gasteiger partial charge in [0.15, 0.2) is 0 Å². The van der Waals surface area contributed by atoms with Crippen molar-refractivity contribution < 1.29 is 18.8 Å². The van der Waals surface area contributed by atoms with Crippen molar-refractivity contribution in [2.75, 3.05) is 18.6 Å². The van der Waals surface area contributed by atoms with Gasteiger partial charge in [0.2, 0.25) is 0 Å². The normalized spacial score (nSPS) is 14.5. The summed E-state index contributed by atoms with van der Waals surface area (Å²) in [5.41, 5.74) is 0.0393. The van der Waals surface area contributed by atoms with Crippen molar-refractivity contribution in [1.29, 1.82) is 0 Å². The zero-order valence-electron chi connectivity index (χ0n) is 12.8. The zero-order valence-corrected chi connectivity index (χ0v) is 13.6. The lowest BCUT2D eigenvalue weighted by atomic mass is 10.2. The molecule has 0 aliphatic carbocycles. The van der Waals surface area contributed by atoms with E-state index in [2.05, 4.69) is 10.3 Å². The van der Waals surface area contributed by atoms with Crippen LogP contribution in [0.1, 0.15) is 32.5 Å². The highest BCUT2D eigenvalue weighted by Crippen LogP contribution is 2.14. The van der Waals surface area contributed by atoms with E-state index in [1.165, 1.54) is 0 Å². The number of imidazole rings is 1. The van der Waals surface area contributed by atoms with Gasteiger partial charge in [0, 0.05) is 29.4 Å². The van der Waals surface area contributed by atoms with E-state index < -0.39 is 28.5 Å². The summed E-state index contributed by atoms with van der Waals surface area (Å²) in [6.45, 7) is 5.52. The molecule has 0 saturated carbocycles. The lowest BCUT2D eigenvalue weighted by molar-refractivity contribution is 0.0479. The first-order valence-electron chi connectivity index (χ1n) is 6.63. The van der Waals surface area contributed by atoms with Crippen LogP contribution in [0.3, 0.4) is 0 Å². The van der Waals surface area contributed by atoms with Gasteiger partial charge < -0.3 is 19.7 Å². The van der Waals surface area contributed by atoms with Crippen LogP contribution in [-0.4, -0.2) is 49.2 Å². The number of nitrogens with zero attached hydrogens (tertiary/aromatic N) is 2. The number of aliphatic hydroxyl groups excluding tert-OH is 1. The Morgan fingerprint density at radius 2 is 2.24 bits per heavy atom. The number of hydrogen-bond acceptors (Lipinski definition) is 5. The van der Waals surface area contributed by atoms with Gasteiger partial charge in [-0.15, -0.1) is 0 Å². The molecule has 2 N–H and O–H groups in total. The summed E-state index contributed by atoms with van der Waals surface area (Å²) in [7, 11) is -0.921. The first-order valence-corrected chi connectivity index (χ1v) is 8.36. The fraction of sp³-hybridized carbons (Fsp3) is 0.692. The molecule has 7 nitrogen and oxygen atoms in total. The SMILES string of the molecule is CS(=O)CCn1cncc1C(CO)NC(=O)OC(C)(C)C. The van der Waals surface area contributed by atoms with Gasteiger partial charge in [0.25, 0.3) is 0 Å². The van der Waals surface area contributed by atoms with Crippen LogP contribution in [-0.2, 0) is 22.1 Å². The molecule has 0 aliphatic rings. The number of carbonyl (C=O) groups is 1. The van der Waals surface area contributed by atoms with Crippen LogP contribution in [0, 0.1) is 0 Å². The van der Waals surface area contributed by atoms with Gasteiger partial charge in [-0.25, -0.2) is 9.78 Å². The molecule has 1 aromatic heterocycles. The highest BCUT2D eigenvalue weighted by atomic mass is 32.2. The molecule has 1 rings (SSSR count). The fourth-order valence-electron chi connectivity index (χ4n) is 1.70. The van der Waals surface area contributed by atoms with Crippen LogP contribution in [0.5, 0.6) is 0 Å². The molecule has 0 aromatic carbocycles. The Morgan fingerprint density at radius 1 is 1.57 bits per heavy atom. The number of nitrogens with one attached hydrogen (secondary N) is 1. The van der Waals surface area contributed by atoms with E-state index in [4.69, 9.17) is 4.74 Å². The van der Waals surface area contributed by atoms with Gasteiger partial charge in [-0.3, -0.25) is 4.21 Å². The van der Waals surface area contributed by atoms with Gasteiger partial charge in [-0.05, 0) is 20.8 Å². The van der Waals surface area contributed by atoms with Gasteiger partial charge in [0.05, 0.1) is 30.9 Å². The first kappa shape index (κ1) is 17.6. The molecular weight excluding hydrogens is 294 g/mol. The van der Waals surface area contributed by atoms with E-state index in [0.717, 1.165) is 0 Å². The largest absolute Gasteiger partial charge is 0.444 e. The molecule has 0 radical (unpaired) electrons. The summed E-state index contributed by atoms with van der Waals surface area (Å²) >= 11 is 0. The molecule has 1 heterocycles. The summed E-state index contributed by atoms with van der Waals surface area (Å²) in [5, 5.41) is 12.1. The minimum atomic E-state index is -0.921. The molecule has 1 aromatic rings. The molecule has 21 heavy (non-hydrogen) atoms. The average Bonchev–Trinajstić information content (AvgIpc) is 2.79. The Labute approximate surface area is 127 Å². The number of amides is 1. The molecule has 8 heteroatoms. The number of aliphatic hydroxyl groups is 1. The molecule has 2 unspecified atom stereocenters. The molecular formula is C13H23N3O4S. The Morgan fingerprint density at radius 3 is 2.76 bits per heavy atom. The maximum absolute atomic E-state index is 11.8. The third kappa shape index (κ3) is 6.26. The van der Waals surface area contributed by atoms with Crippen LogP contribution < -0.4 is 5.32 Å². The van der Waals surface area contributed by atoms with Gasteiger partial charge in [0.1, 0.15) is 5.60 Å². The minimum absolute atomic E-state index is 0.278. The van der Waals surface area contributed by atoms with Gasteiger partial charge in [-0.1, -0.05) is 0 Å². The van der Waals surface area contributed by atoms with Gasteiger partial charge >= 0.3 is 6.09 Å². The molecule has 0 spiro atoms. The Balaban J connectivity index is 2.74. The summed E-state index contributed by atoms with van der Waals surface area (Å²) in [5.74, 6) is 0.480. The van der Waals surface area contributed by atoms with Crippen molar-refractivity contribution >= 4 is 16.9 Å². The van der Waals surface area contributed by atoms with Crippen molar-refractivity contribution in [3.63, 3.8) is 0 Å². The lowest BCUT2D eigenvalue weighted by Crippen LogP contribution is -2.37. The van der Waals surface area contributed by atoms with E-state index in [0.29, 0.717) is 18.0 Å². The van der Waals surface area contributed by atoms with E-state index in [1.807, 2.05) is 0 Å². The predicted octanol–water partition coefficient (Wildman–Crippen LogP) is 0.820. The molecule has 1 amide bonds. The Bertz CT molecular complexity index is 496. The molecule has 0 saturated heterocycles. The van der Waals surface area contributed by atoms with Crippen LogP contribution in [0.4, 0.5) is 4.79 Å². The molecule has 2 atom stereocenters. The number of aryl methyl sites for hydroxylation is 1. The van der Waals surface area contributed by atoms with Crippen molar-refractivity contribution in [2.24, 2.45) is 0 Å². The number of rotatable bonds is 6. The number of alkyl carbamates (subject to hydrolysis) is 1. The first-order chi connectivity index (χ1) is 9.73. The highest BCUT2D eigenvalue weighted by molar-refractivity contribution is 7.84. The van der Waals surface area contributed by atoms with Crippen LogP contribution in [0.2, 0.25) is 0 Å². The number of hydrogen-bond donors (Lipinski definition) is 2. The smallest absolute Gasteiger partial charge is 0.408 e. The average molecular weight is 317 g/mol. The monoisotopic (exact) mass is 317 g/mol. The quantitative estimate of drug-likeness (QED) is 0.810. The van der Waals surface area contributed by atoms with E-state index in [-0.39, 0.29) is 6.61 Å². The van der Waals surface area contributed by atoms with E-state index in [9.17, 15) is 14.1 Å². The van der Waals surface area contributed by atoms with Crippen molar-refractivity contribution in [3.8, 4) is 0 Å². The highest BCUT2D eigenvalue weighted by Gasteiger charge is 2.22. The second-order valence-electron chi connectivity index (χ2n) is 5.67. The van der Waals surface area contributed by atoms with Crippen molar-refractivity contribution in [2.45, 2.75) is 39.0 Å². The molecule has 0 fully saturated rings. The summed E-state index contributed by atoms with van der Waals surface area (Å²) in [6, 6.07) is -0.618. The van der Waals surface area contributed by atoms with Crippen LogP contribution in [0.25, 0.3) is 0 Å². The van der Waals surface area contributed by atoms with Gasteiger partial charge in [-0.2, -0.15) is 0 Å². The molecule has 120 valence electrons. The second kappa shape index (κ2) is 7.56. The van der Waals surface area contributed by atoms with Crippen molar-refractivity contribution in [1.82, 2.24) is 14.9 Å². The van der Waals surface area contributed by atoms with E-state index in [1.54, 1.807) is 44.1 Å². The number of ether oxygens (including phenoxy) is 1. The second-order valence-corrected chi connectivity index (χ2v) is 7.23. The standard InChI is InChI=1S/C13H23N3O4S/c1-13(2,3)20-12(18)15-10(8-17)11-7-14-9-16(11)5-6-21(4)19/h7,9-10,17H,5-6,8H2,1-4H3,(H,15,18). The van der Waals surface area contributed by atoms with Crippen LogP contribution in [0.15, 0.2) is 12.5 Å². The van der Waals surface area contributed by atoms with Crippen molar-refractivity contribution in [3.05, 3.63) is 18.2 Å². The molecule has 0 aliphatic heterocycles. The maximum Gasteiger partial charge on any atom is 0.408 e. The van der Waals surface area contributed by atoms with Crippen LogP contribution >= 0.6 is 0 Å². The fourth-order valence-corrected chi connectivity index (χ4v) is 2.15. The number of carbonyl (C=O) groups excluding carboxylic acids is 1. The number of aromatic nitrogens is 2. The predicted molar refractivity (Wildman–Crippen MR) is 80.4 cm³/mol. The topological polar surface area (TPSA) is 93.5 Å². The third-order valence-electron chi connectivity index (χ3n) is 2.59. The summed E-state index contributed by atoms with van der Waals surface area (Å²) < 4.78 is 18.1. The van der Waals surface area contributed by atoms with E-state index >= 15 is 0 Å². The molecule has 0 bridgehead atoms. The minimum Gasteiger partial charge on any atom is -0.444 e. The third-order valence-corrected chi connectivity index (χ3v) is 3.35. The maximum atomic E-state index is 11.8. The lowest BCUT2D eigenvalue weighted by Gasteiger charge is -2.23.